The summed E-state index contributed by atoms with van der Waals surface area (Å²) in [5.41, 5.74) is 1.11. The van der Waals surface area contributed by atoms with E-state index in [9.17, 15) is 18.0 Å². The molecule has 3 rings (SSSR count). The van der Waals surface area contributed by atoms with Crippen molar-refractivity contribution in [1.29, 1.82) is 0 Å². The molecule has 8 heteroatoms. The smallest absolute Gasteiger partial charge is 0.416 e. The normalized spacial score (nSPS) is 11.3. The van der Waals surface area contributed by atoms with Gasteiger partial charge in [-0.2, -0.15) is 18.3 Å². The van der Waals surface area contributed by atoms with Crippen LogP contribution in [0.2, 0.25) is 0 Å². The molecule has 1 aromatic heterocycles. The second-order valence-electron chi connectivity index (χ2n) is 6.05. The summed E-state index contributed by atoms with van der Waals surface area (Å²) in [4.78, 5) is 12.2. The van der Waals surface area contributed by atoms with Gasteiger partial charge in [0.2, 0.25) is 0 Å². The van der Waals surface area contributed by atoms with Crippen LogP contribution in [-0.2, 0) is 6.18 Å². The standard InChI is InChI=1S/C20H18F3N3O2/c1-14-12-18(25-26(14)16-7-3-2-4-8-16)19(27)24-10-11-28-17-9-5-6-15(13-17)20(21,22)23/h2-9,12-13H,10-11H2,1H3,(H,24,27). The van der Waals surface area contributed by atoms with Crippen molar-refractivity contribution in [2.45, 2.75) is 13.1 Å². The van der Waals surface area contributed by atoms with E-state index in [0.29, 0.717) is 0 Å². The molecule has 0 fully saturated rings. The minimum absolute atomic E-state index is 0.0332. The fraction of sp³-hybridized carbons (Fsp3) is 0.200. The van der Waals surface area contributed by atoms with Gasteiger partial charge in [0.25, 0.3) is 5.91 Å². The number of hydrogen-bond acceptors (Lipinski definition) is 3. The summed E-state index contributed by atoms with van der Waals surface area (Å²) in [6.45, 7) is 2.01. The first-order valence-electron chi connectivity index (χ1n) is 8.55. The van der Waals surface area contributed by atoms with Crippen LogP contribution in [0.4, 0.5) is 13.2 Å². The lowest BCUT2D eigenvalue weighted by atomic mass is 10.2. The van der Waals surface area contributed by atoms with Gasteiger partial charge in [0.1, 0.15) is 12.4 Å². The van der Waals surface area contributed by atoms with E-state index < -0.39 is 11.7 Å². The molecule has 1 amide bonds. The Morgan fingerprint density at radius 2 is 1.86 bits per heavy atom. The molecule has 0 saturated carbocycles. The molecule has 3 aromatic rings. The van der Waals surface area contributed by atoms with Gasteiger partial charge in [-0.05, 0) is 43.3 Å². The van der Waals surface area contributed by atoms with Crippen molar-refractivity contribution < 1.29 is 22.7 Å². The minimum Gasteiger partial charge on any atom is -0.492 e. The molecule has 0 bridgehead atoms. The summed E-state index contributed by atoms with van der Waals surface area (Å²) in [6, 6.07) is 15.7. The molecule has 1 N–H and O–H groups in total. The molecule has 1 heterocycles. The van der Waals surface area contributed by atoms with Gasteiger partial charge in [0.15, 0.2) is 5.69 Å². The monoisotopic (exact) mass is 389 g/mol. The van der Waals surface area contributed by atoms with E-state index in [1.165, 1.54) is 12.1 Å². The molecule has 0 atom stereocenters. The van der Waals surface area contributed by atoms with E-state index in [2.05, 4.69) is 10.4 Å². The Balaban J connectivity index is 1.54. The Morgan fingerprint density at radius 3 is 2.57 bits per heavy atom. The number of alkyl halides is 3. The van der Waals surface area contributed by atoms with Gasteiger partial charge in [-0.25, -0.2) is 4.68 Å². The van der Waals surface area contributed by atoms with Crippen LogP contribution >= 0.6 is 0 Å². The van der Waals surface area contributed by atoms with Gasteiger partial charge in [0, 0.05) is 5.69 Å². The van der Waals surface area contributed by atoms with Crippen molar-refractivity contribution in [3.05, 3.63) is 77.6 Å². The second-order valence-corrected chi connectivity index (χ2v) is 6.05. The zero-order valence-electron chi connectivity index (χ0n) is 15.0. The molecule has 0 spiro atoms. The van der Waals surface area contributed by atoms with Crippen LogP contribution in [0.3, 0.4) is 0 Å². The zero-order valence-corrected chi connectivity index (χ0v) is 15.0. The Kier molecular flexibility index (Phi) is 5.67. The molecule has 146 valence electrons. The van der Waals surface area contributed by atoms with Crippen molar-refractivity contribution in [1.82, 2.24) is 15.1 Å². The van der Waals surface area contributed by atoms with Crippen LogP contribution in [-0.4, -0.2) is 28.8 Å². The third-order valence-corrected chi connectivity index (χ3v) is 3.94. The first kappa shape index (κ1) is 19.5. The van der Waals surface area contributed by atoms with Crippen LogP contribution in [0, 0.1) is 6.92 Å². The number of aryl methyl sites for hydroxylation is 1. The maximum atomic E-state index is 12.7. The summed E-state index contributed by atoms with van der Waals surface area (Å²) in [5, 5.41) is 6.94. The Hall–Kier alpha value is -3.29. The molecule has 0 saturated heterocycles. The highest BCUT2D eigenvalue weighted by molar-refractivity contribution is 5.92. The number of nitrogens with zero attached hydrogens (tertiary/aromatic N) is 2. The number of aromatic nitrogens is 2. The largest absolute Gasteiger partial charge is 0.492 e. The van der Waals surface area contributed by atoms with Crippen LogP contribution < -0.4 is 10.1 Å². The van der Waals surface area contributed by atoms with Crippen LogP contribution in [0.15, 0.2) is 60.7 Å². The van der Waals surface area contributed by atoms with Gasteiger partial charge < -0.3 is 10.1 Å². The third kappa shape index (κ3) is 4.70. The van der Waals surface area contributed by atoms with Crippen molar-refractivity contribution in [3.8, 4) is 11.4 Å². The highest BCUT2D eigenvalue weighted by Gasteiger charge is 2.30. The van der Waals surface area contributed by atoms with E-state index in [0.717, 1.165) is 23.5 Å². The summed E-state index contributed by atoms with van der Waals surface area (Å²) in [7, 11) is 0. The van der Waals surface area contributed by atoms with Gasteiger partial charge >= 0.3 is 6.18 Å². The second kappa shape index (κ2) is 8.16. The van der Waals surface area contributed by atoms with Gasteiger partial charge in [0.05, 0.1) is 17.8 Å². The Bertz CT molecular complexity index is 953. The summed E-state index contributed by atoms with van der Waals surface area (Å²) >= 11 is 0. The van der Waals surface area contributed by atoms with Crippen molar-refractivity contribution in [3.63, 3.8) is 0 Å². The molecule has 5 nitrogen and oxygen atoms in total. The quantitative estimate of drug-likeness (QED) is 0.648. The number of para-hydroxylation sites is 1. The number of halogens is 3. The van der Waals surface area contributed by atoms with E-state index >= 15 is 0 Å². The molecule has 0 unspecified atom stereocenters. The van der Waals surface area contributed by atoms with Gasteiger partial charge in [-0.1, -0.05) is 24.3 Å². The van der Waals surface area contributed by atoms with Crippen LogP contribution in [0.5, 0.6) is 5.75 Å². The predicted molar refractivity (Wildman–Crippen MR) is 97.6 cm³/mol. The highest BCUT2D eigenvalue weighted by atomic mass is 19.4. The fourth-order valence-corrected chi connectivity index (χ4v) is 2.60. The van der Waals surface area contributed by atoms with Gasteiger partial charge in [-0.15, -0.1) is 0 Å². The summed E-state index contributed by atoms with van der Waals surface area (Å²) in [6.07, 6.45) is -4.43. The highest BCUT2D eigenvalue weighted by Crippen LogP contribution is 2.31. The van der Waals surface area contributed by atoms with E-state index in [1.54, 1.807) is 10.7 Å². The van der Waals surface area contributed by atoms with Crippen molar-refractivity contribution in [2.75, 3.05) is 13.2 Å². The maximum Gasteiger partial charge on any atom is 0.416 e. The van der Waals surface area contributed by atoms with E-state index in [-0.39, 0.29) is 30.5 Å². The molecule has 0 radical (unpaired) electrons. The topological polar surface area (TPSA) is 56.1 Å². The van der Waals surface area contributed by atoms with Crippen molar-refractivity contribution in [2.24, 2.45) is 0 Å². The number of carbonyl (C=O) groups excluding carboxylic acids is 1. The zero-order chi connectivity index (χ0) is 20.1. The lowest BCUT2D eigenvalue weighted by Gasteiger charge is -2.10. The number of rotatable bonds is 6. The lowest BCUT2D eigenvalue weighted by molar-refractivity contribution is -0.137. The van der Waals surface area contributed by atoms with E-state index in [4.69, 9.17) is 4.74 Å². The first-order chi connectivity index (χ1) is 13.3. The van der Waals surface area contributed by atoms with E-state index in [1.807, 2.05) is 37.3 Å². The molecule has 2 aromatic carbocycles. The number of nitrogens with one attached hydrogen (secondary N) is 1. The van der Waals surface area contributed by atoms with Crippen molar-refractivity contribution >= 4 is 5.91 Å². The fourth-order valence-electron chi connectivity index (χ4n) is 2.60. The number of benzene rings is 2. The lowest BCUT2D eigenvalue weighted by Crippen LogP contribution is -2.28. The SMILES string of the molecule is Cc1cc(C(=O)NCCOc2cccc(C(F)(F)F)c2)nn1-c1ccccc1. The van der Waals surface area contributed by atoms with Crippen LogP contribution in [0.1, 0.15) is 21.7 Å². The number of amides is 1. The maximum absolute atomic E-state index is 12.7. The molecule has 0 aliphatic heterocycles. The Morgan fingerprint density at radius 1 is 1.11 bits per heavy atom. The Labute approximate surface area is 159 Å². The van der Waals surface area contributed by atoms with Crippen LogP contribution in [0.25, 0.3) is 5.69 Å². The third-order valence-electron chi connectivity index (χ3n) is 3.94. The molecule has 28 heavy (non-hydrogen) atoms. The molecular weight excluding hydrogens is 371 g/mol. The molecule has 0 aliphatic rings. The summed E-state index contributed by atoms with van der Waals surface area (Å²) < 4.78 is 45.0. The number of ether oxygens (including phenoxy) is 1. The number of hydrogen-bond donors (Lipinski definition) is 1. The summed E-state index contributed by atoms with van der Waals surface area (Å²) in [5.74, 6) is -0.293. The first-order valence-corrected chi connectivity index (χ1v) is 8.55. The van der Waals surface area contributed by atoms with Gasteiger partial charge in [-0.3, -0.25) is 4.79 Å². The molecule has 0 aliphatic carbocycles. The number of carbonyl (C=O) groups is 1. The average molecular weight is 389 g/mol. The predicted octanol–water partition coefficient (Wildman–Crippen LogP) is 4.01. The average Bonchev–Trinajstić information content (AvgIpc) is 3.07. The minimum atomic E-state index is -4.43. The molecular formula is C20H18F3N3O2.